The van der Waals surface area contributed by atoms with E-state index in [9.17, 15) is 13.2 Å². The fraction of sp³-hybridized carbons (Fsp3) is 0.0909. The monoisotopic (exact) mass is 665 g/mol. The van der Waals surface area contributed by atoms with Crippen LogP contribution in [0.2, 0.25) is 15.1 Å². The minimum Gasteiger partial charge on any atom is -0.459 e. The maximum atomic E-state index is 13.7. The minimum absolute atomic E-state index is 0.00237. The van der Waals surface area contributed by atoms with Gasteiger partial charge in [-0.1, -0.05) is 102 Å². The molecule has 1 heterocycles. The van der Waals surface area contributed by atoms with E-state index in [0.717, 1.165) is 11.1 Å². The van der Waals surface area contributed by atoms with E-state index in [4.69, 9.17) is 39.2 Å². The van der Waals surface area contributed by atoms with E-state index in [1.165, 1.54) is 34.8 Å². The number of carbonyl (C=O) groups is 1. The molecule has 0 bridgehead atoms. The molecule has 0 aliphatic carbocycles. The van der Waals surface area contributed by atoms with Crippen LogP contribution < -0.4 is 5.43 Å². The van der Waals surface area contributed by atoms with Gasteiger partial charge in [0.1, 0.15) is 11.5 Å². The molecule has 0 atom stereocenters. The number of nitrogens with one attached hydrogen (secondary N) is 1. The van der Waals surface area contributed by atoms with Crippen LogP contribution in [0.3, 0.4) is 0 Å². The molecule has 0 aliphatic heterocycles. The first-order valence-corrected chi connectivity index (χ1v) is 16.0. The van der Waals surface area contributed by atoms with E-state index in [1.54, 1.807) is 30.3 Å². The number of sulfonamides is 1. The molecule has 0 spiro atoms. The van der Waals surface area contributed by atoms with Gasteiger partial charge < -0.3 is 4.42 Å². The topological polar surface area (TPSA) is 92.0 Å². The summed E-state index contributed by atoms with van der Waals surface area (Å²) in [7, 11) is -3.97. The van der Waals surface area contributed by atoms with Crippen LogP contribution in [0.1, 0.15) is 34.1 Å². The van der Waals surface area contributed by atoms with E-state index < -0.39 is 15.9 Å². The Morgan fingerprint density at radius 3 is 2.05 bits per heavy atom. The Kier molecular flexibility index (Phi) is 10.2. The molecule has 7 nitrogen and oxygen atoms in total. The summed E-state index contributed by atoms with van der Waals surface area (Å²) in [5.41, 5.74) is 4.90. The zero-order chi connectivity index (χ0) is 31.1. The van der Waals surface area contributed by atoms with Crippen LogP contribution in [0.15, 0.2) is 130 Å². The quantitative estimate of drug-likeness (QED) is 0.115. The second-order valence-electron chi connectivity index (χ2n) is 9.77. The molecule has 0 aliphatic rings. The number of carbonyl (C=O) groups excluding carboxylic acids is 1. The van der Waals surface area contributed by atoms with Crippen molar-refractivity contribution in [1.82, 2.24) is 9.73 Å². The molecule has 224 valence electrons. The number of halogens is 3. The summed E-state index contributed by atoms with van der Waals surface area (Å²) >= 11 is 18.2. The Balaban J connectivity index is 1.33. The molecule has 1 aromatic heterocycles. The summed E-state index contributed by atoms with van der Waals surface area (Å²) in [5, 5.41) is 5.20. The maximum Gasteiger partial charge on any atom is 0.252 e. The second kappa shape index (κ2) is 14.2. The molecule has 5 aromatic rings. The number of amides is 1. The largest absolute Gasteiger partial charge is 0.459 e. The lowest BCUT2D eigenvalue weighted by molar-refractivity contribution is -0.121. The van der Waals surface area contributed by atoms with Gasteiger partial charge in [-0.2, -0.15) is 9.41 Å². The van der Waals surface area contributed by atoms with Crippen LogP contribution in [0, 0.1) is 0 Å². The third-order valence-corrected chi connectivity index (χ3v) is 9.50. The van der Waals surface area contributed by atoms with Crippen LogP contribution in [0.25, 0.3) is 0 Å². The molecule has 0 unspecified atom stereocenters. The Labute approximate surface area is 270 Å². The average molecular weight is 667 g/mol. The summed E-state index contributed by atoms with van der Waals surface area (Å²) in [4.78, 5) is 13.3. The highest BCUT2D eigenvalue weighted by Gasteiger charge is 2.27. The predicted molar refractivity (Wildman–Crippen MR) is 174 cm³/mol. The maximum absolute atomic E-state index is 13.7. The molecular formula is C33H26Cl3N3O4S. The fourth-order valence-corrected chi connectivity index (χ4v) is 6.40. The van der Waals surface area contributed by atoms with Crippen LogP contribution in [0.5, 0.6) is 0 Å². The number of rotatable bonds is 11. The van der Waals surface area contributed by atoms with Gasteiger partial charge in [0, 0.05) is 11.6 Å². The lowest BCUT2D eigenvalue weighted by Crippen LogP contribution is -2.30. The van der Waals surface area contributed by atoms with Crippen molar-refractivity contribution >= 4 is 56.9 Å². The summed E-state index contributed by atoms with van der Waals surface area (Å²) in [6.45, 7) is -0.0854. The van der Waals surface area contributed by atoms with Crippen molar-refractivity contribution in [3.05, 3.63) is 159 Å². The van der Waals surface area contributed by atoms with Crippen molar-refractivity contribution in [2.45, 2.75) is 23.9 Å². The van der Waals surface area contributed by atoms with Gasteiger partial charge >= 0.3 is 0 Å². The van der Waals surface area contributed by atoms with Crippen molar-refractivity contribution in [3.8, 4) is 0 Å². The molecule has 11 heteroatoms. The van der Waals surface area contributed by atoms with Gasteiger partial charge in [0.15, 0.2) is 0 Å². The fourth-order valence-electron chi connectivity index (χ4n) is 4.56. The zero-order valence-corrected chi connectivity index (χ0v) is 26.2. The summed E-state index contributed by atoms with van der Waals surface area (Å²) in [5.74, 6) is -0.182. The van der Waals surface area contributed by atoms with Gasteiger partial charge in [-0.3, -0.25) is 4.79 Å². The van der Waals surface area contributed by atoms with E-state index in [1.807, 2.05) is 60.7 Å². The lowest BCUT2D eigenvalue weighted by atomic mass is 9.91. The normalized spacial score (nSPS) is 11.8. The smallest absolute Gasteiger partial charge is 0.252 e. The molecular weight excluding hydrogens is 641 g/mol. The number of hydrogen-bond donors (Lipinski definition) is 1. The lowest BCUT2D eigenvalue weighted by Gasteiger charge is -2.22. The van der Waals surface area contributed by atoms with Crippen LogP contribution in [-0.4, -0.2) is 24.8 Å². The number of nitrogens with zero attached hydrogens (tertiary/aromatic N) is 2. The number of hydrogen-bond acceptors (Lipinski definition) is 5. The van der Waals surface area contributed by atoms with Crippen molar-refractivity contribution in [2.24, 2.45) is 5.10 Å². The molecule has 0 saturated heterocycles. The Morgan fingerprint density at radius 2 is 1.43 bits per heavy atom. The van der Waals surface area contributed by atoms with Gasteiger partial charge in [0.05, 0.1) is 33.6 Å². The predicted octanol–water partition coefficient (Wildman–Crippen LogP) is 7.91. The molecule has 44 heavy (non-hydrogen) atoms. The zero-order valence-electron chi connectivity index (χ0n) is 23.1. The van der Waals surface area contributed by atoms with Crippen molar-refractivity contribution < 1.29 is 17.6 Å². The highest BCUT2D eigenvalue weighted by Crippen LogP contribution is 2.28. The van der Waals surface area contributed by atoms with E-state index in [-0.39, 0.29) is 23.9 Å². The minimum atomic E-state index is -3.97. The second-order valence-corrected chi connectivity index (χ2v) is 13.0. The third kappa shape index (κ3) is 7.77. The molecule has 0 saturated carbocycles. The highest BCUT2D eigenvalue weighted by atomic mass is 35.5. The van der Waals surface area contributed by atoms with Crippen molar-refractivity contribution in [2.75, 3.05) is 0 Å². The Morgan fingerprint density at radius 1 is 0.795 bits per heavy atom. The molecule has 1 N–H and O–H groups in total. The molecule has 0 radical (unpaired) electrons. The summed E-state index contributed by atoms with van der Waals surface area (Å²) < 4.78 is 34.5. The molecule has 4 aromatic carbocycles. The van der Waals surface area contributed by atoms with Crippen LogP contribution in [-0.2, 0) is 27.9 Å². The van der Waals surface area contributed by atoms with E-state index >= 15 is 0 Å². The number of hydrazone groups is 1. The molecule has 5 rings (SSSR count). The Hall–Kier alpha value is -3.92. The Bertz CT molecular complexity index is 1820. The van der Waals surface area contributed by atoms with Gasteiger partial charge in [-0.25, -0.2) is 13.8 Å². The highest BCUT2D eigenvalue weighted by molar-refractivity contribution is 7.89. The number of furan rings is 1. The van der Waals surface area contributed by atoms with Gasteiger partial charge in [0.2, 0.25) is 10.0 Å². The van der Waals surface area contributed by atoms with E-state index in [2.05, 4.69) is 10.5 Å². The average Bonchev–Trinajstić information content (AvgIpc) is 3.47. The number of benzene rings is 4. The van der Waals surface area contributed by atoms with Crippen molar-refractivity contribution in [1.29, 1.82) is 0 Å². The summed E-state index contributed by atoms with van der Waals surface area (Å²) in [6, 6.07) is 33.0. The van der Waals surface area contributed by atoms with Crippen LogP contribution >= 0.6 is 34.8 Å². The SMILES string of the molecule is O=C(N/N=C\c1ccc(CN(Cc2ccc(Cl)c(Cl)c2)S(=O)(=O)c2ccc(Cl)cc2)o1)C(c1ccccc1)c1ccccc1. The first-order valence-electron chi connectivity index (χ1n) is 13.4. The molecule has 0 fully saturated rings. The first-order chi connectivity index (χ1) is 21.2. The van der Waals surface area contributed by atoms with Gasteiger partial charge in [-0.05, 0) is 65.2 Å². The van der Waals surface area contributed by atoms with Crippen LogP contribution in [0.4, 0.5) is 0 Å². The van der Waals surface area contributed by atoms with Gasteiger partial charge in [0.25, 0.3) is 5.91 Å². The standard InChI is InChI=1S/C33H26Cl3N3O4S/c34-26-12-16-29(17-13-26)44(41,42)39(21-23-11-18-30(35)31(36)19-23)22-28-15-14-27(43-28)20-37-38-33(40)32(24-7-3-1-4-8-24)25-9-5-2-6-10-25/h1-20,32H,21-22H2,(H,38,40)/b37-20-. The summed E-state index contributed by atoms with van der Waals surface area (Å²) in [6.07, 6.45) is 1.37. The first kappa shape index (κ1) is 31.5. The third-order valence-electron chi connectivity index (χ3n) is 6.70. The molecule has 1 amide bonds. The van der Waals surface area contributed by atoms with Gasteiger partial charge in [-0.15, -0.1) is 0 Å². The van der Waals surface area contributed by atoms with Crippen molar-refractivity contribution in [3.63, 3.8) is 0 Å². The van der Waals surface area contributed by atoms with E-state index in [0.29, 0.717) is 32.2 Å².